The van der Waals surface area contributed by atoms with E-state index in [1.807, 2.05) is 16.8 Å². The van der Waals surface area contributed by atoms with E-state index in [-0.39, 0.29) is 10.8 Å². The molecule has 0 atom stereocenters. The lowest BCUT2D eigenvalue weighted by atomic mass is 10.2. The minimum atomic E-state index is -0.380. The first-order chi connectivity index (χ1) is 9.20. The highest BCUT2D eigenvalue weighted by Gasteiger charge is 2.20. The molecule has 0 spiro atoms. The molecule has 3 nitrogen and oxygen atoms in total. The topological polar surface area (TPSA) is 29.9 Å². The van der Waals surface area contributed by atoms with Gasteiger partial charge in [0.15, 0.2) is 0 Å². The zero-order valence-electron chi connectivity index (χ0n) is 10.4. The van der Waals surface area contributed by atoms with Gasteiger partial charge in [-0.2, -0.15) is 0 Å². The van der Waals surface area contributed by atoms with Gasteiger partial charge >= 0.3 is 0 Å². The molecule has 1 heterocycles. The molecule has 0 aliphatic heterocycles. The molecule has 1 aliphatic rings. The monoisotopic (exact) mass is 279 g/mol. The third-order valence-corrected chi connectivity index (χ3v) is 3.49. The Hall–Kier alpha value is -1.39. The van der Waals surface area contributed by atoms with Gasteiger partial charge < -0.3 is 9.88 Å². The molecule has 1 N–H and O–H groups in total. The lowest BCUT2D eigenvalue weighted by Gasteiger charge is -2.03. The molecule has 1 saturated carbocycles. The first-order valence-electron chi connectivity index (χ1n) is 6.38. The summed E-state index contributed by atoms with van der Waals surface area (Å²) in [5, 5.41) is 3.57. The van der Waals surface area contributed by atoms with Crippen molar-refractivity contribution in [2.24, 2.45) is 0 Å². The normalized spacial score (nSPS) is 14.8. The van der Waals surface area contributed by atoms with Crippen molar-refractivity contribution >= 4 is 11.6 Å². The van der Waals surface area contributed by atoms with Crippen molar-refractivity contribution in [2.75, 3.05) is 0 Å². The maximum atomic E-state index is 13.3. The summed E-state index contributed by atoms with van der Waals surface area (Å²) in [7, 11) is 0. The molecule has 1 aliphatic carbocycles. The Balaban J connectivity index is 1.63. The molecule has 19 heavy (non-hydrogen) atoms. The second kappa shape index (κ2) is 5.31. The quantitative estimate of drug-likeness (QED) is 0.912. The number of halogens is 2. The van der Waals surface area contributed by atoms with Crippen LogP contribution in [0.25, 0.3) is 0 Å². The van der Waals surface area contributed by atoms with Crippen molar-refractivity contribution in [2.45, 2.75) is 32.0 Å². The number of nitrogens with zero attached hydrogens (tertiary/aromatic N) is 2. The van der Waals surface area contributed by atoms with Crippen LogP contribution in [0, 0.1) is 5.82 Å². The van der Waals surface area contributed by atoms with E-state index >= 15 is 0 Å². The van der Waals surface area contributed by atoms with E-state index in [1.54, 1.807) is 12.4 Å². The van der Waals surface area contributed by atoms with Crippen LogP contribution in [0.5, 0.6) is 0 Å². The van der Waals surface area contributed by atoms with Crippen molar-refractivity contribution in [1.82, 2.24) is 14.9 Å². The van der Waals surface area contributed by atoms with Crippen LogP contribution < -0.4 is 5.32 Å². The number of imidazole rings is 1. The minimum absolute atomic E-state index is 0.156. The van der Waals surface area contributed by atoms with Gasteiger partial charge in [-0.25, -0.2) is 9.37 Å². The number of hydrogen-bond acceptors (Lipinski definition) is 2. The molecule has 0 amide bonds. The summed E-state index contributed by atoms with van der Waals surface area (Å²) < 4.78 is 15.3. The SMILES string of the molecule is Fc1cc(Cn2cnc(CNC3CC3)c2)ccc1Cl. The summed E-state index contributed by atoms with van der Waals surface area (Å²) in [5.41, 5.74) is 1.89. The fraction of sp³-hybridized carbons (Fsp3) is 0.357. The van der Waals surface area contributed by atoms with Crippen LogP contribution in [0.3, 0.4) is 0 Å². The van der Waals surface area contributed by atoms with Crippen molar-refractivity contribution in [3.63, 3.8) is 0 Å². The van der Waals surface area contributed by atoms with E-state index in [1.165, 1.54) is 18.9 Å². The zero-order valence-corrected chi connectivity index (χ0v) is 11.2. The smallest absolute Gasteiger partial charge is 0.142 e. The summed E-state index contributed by atoms with van der Waals surface area (Å²) >= 11 is 5.66. The highest BCUT2D eigenvalue weighted by Crippen LogP contribution is 2.19. The van der Waals surface area contributed by atoms with Gasteiger partial charge in [-0.3, -0.25) is 0 Å². The van der Waals surface area contributed by atoms with Gasteiger partial charge in [-0.05, 0) is 30.5 Å². The summed E-state index contributed by atoms with van der Waals surface area (Å²) in [6.45, 7) is 1.40. The van der Waals surface area contributed by atoms with Crippen LogP contribution >= 0.6 is 11.6 Å². The van der Waals surface area contributed by atoms with Crippen LogP contribution in [0.15, 0.2) is 30.7 Å². The van der Waals surface area contributed by atoms with E-state index in [0.29, 0.717) is 12.6 Å². The van der Waals surface area contributed by atoms with Gasteiger partial charge in [0.25, 0.3) is 0 Å². The van der Waals surface area contributed by atoms with Crippen molar-refractivity contribution in [1.29, 1.82) is 0 Å². The Morgan fingerprint density at radius 3 is 3.00 bits per heavy atom. The van der Waals surface area contributed by atoms with Gasteiger partial charge in [0, 0.05) is 25.3 Å². The van der Waals surface area contributed by atoms with Crippen molar-refractivity contribution < 1.29 is 4.39 Å². The van der Waals surface area contributed by atoms with E-state index in [2.05, 4.69) is 10.3 Å². The van der Waals surface area contributed by atoms with Crippen molar-refractivity contribution in [3.05, 3.63) is 52.8 Å². The van der Waals surface area contributed by atoms with Gasteiger partial charge in [0.2, 0.25) is 0 Å². The molecule has 2 aromatic rings. The first kappa shape index (κ1) is 12.6. The van der Waals surface area contributed by atoms with Gasteiger partial charge in [-0.15, -0.1) is 0 Å². The van der Waals surface area contributed by atoms with Crippen LogP contribution in [0.4, 0.5) is 4.39 Å². The van der Waals surface area contributed by atoms with Crippen LogP contribution in [-0.4, -0.2) is 15.6 Å². The van der Waals surface area contributed by atoms with E-state index < -0.39 is 0 Å². The summed E-state index contributed by atoms with van der Waals surface area (Å²) in [6, 6.07) is 5.55. The number of rotatable bonds is 5. The van der Waals surface area contributed by atoms with Crippen LogP contribution in [0.2, 0.25) is 5.02 Å². The molecular weight excluding hydrogens is 265 g/mol. The molecule has 0 unspecified atom stereocenters. The lowest BCUT2D eigenvalue weighted by molar-refractivity contribution is 0.624. The standard InChI is InChI=1S/C14H15ClFN3/c15-13-4-1-10(5-14(13)16)7-19-8-12(18-9-19)6-17-11-2-3-11/h1,4-5,8-9,11,17H,2-3,6-7H2. The highest BCUT2D eigenvalue weighted by atomic mass is 35.5. The molecule has 1 fully saturated rings. The Labute approximate surface area is 116 Å². The summed E-state index contributed by atoms with van der Waals surface area (Å²) in [4.78, 5) is 4.33. The Morgan fingerprint density at radius 2 is 2.26 bits per heavy atom. The van der Waals surface area contributed by atoms with Gasteiger partial charge in [-0.1, -0.05) is 17.7 Å². The average molecular weight is 280 g/mol. The van der Waals surface area contributed by atoms with Gasteiger partial charge in [0.1, 0.15) is 5.82 Å². The molecule has 100 valence electrons. The summed E-state index contributed by atoms with van der Waals surface area (Å²) in [6.07, 6.45) is 6.30. The third kappa shape index (κ3) is 3.33. The van der Waals surface area contributed by atoms with E-state index in [4.69, 9.17) is 11.6 Å². The van der Waals surface area contributed by atoms with E-state index in [0.717, 1.165) is 17.8 Å². The van der Waals surface area contributed by atoms with Crippen molar-refractivity contribution in [3.8, 4) is 0 Å². The molecule has 0 bridgehead atoms. The molecule has 3 rings (SSSR count). The Bertz CT molecular complexity index is 578. The Morgan fingerprint density at radius 1 is 1.42 bits per heavy atom. The molecule has 1 aromatic heterocycles. The fourth-order valence-electron chi connectivity index (χ4n) is 1.97. The third-order valence-electron chi connectivity index (χ3n) is 3.19. The second-order valence-electron chi connectivity index (χ2n) is 4.94. The minimum Gasteiger partial charge on any atom is -0.333 e. The summed E-state index contributed by atoms with van der Waals surface area (Å²) in [5.74, 6) is -0.380. The molecule has 5 heteroatoms. The molecule has 0 saturated heterocycles. The molecule has 0 radical (unpaired) electrons. The number of nitrogens with one attached hydrogen (secondary N) is 1. The average Bonchev–Trinajstić information content (AvgIpc) is 3.12. The highest BCUT2D eigenvalue weighted by molar-refractivity contribution is 6.30. The largest absolute Gasteiger partial charge is 0.333 e. The van der Waals surface area contributed by atoms with Gasteiger partial charge in [0.05, 0.1) is 17.0 Å². The van der Waals surface area contributed by atoms with Crippen LogP contribution in [-0.2, 0) is 13.1 Å². The Kier molecular flexibility index (Phi) is 3.53. The maximum absolute atomic E-state index is 13.3. The predicted octanol–water partition coefficient (Wildman–Crippen LogP) is 2.98. The number of aromatic nitrogens is 2. The lowest BCUT2D eigenvalue weighted by Crippen LogP contribution is -2.15. The number of hydrogen-bond donors (Lipinski definition) is 1. The first-order valence-corrected chi connectivity index (χ1v) is 6.76. The maximum Gasteiger partial charge on any atom is 0.142 e. The van der Waals surface area contributed by atoms with Crippen LogP contribution in [0.1, 0.15) is 24.1 Å². The molecule has 1 aromatic carbocycles. The fourth-order valence-corrected chi connectivity index (χ4v) is 2.09. The zero-order chi connectivity index (χ0) is 13.2. The second-order valence-corrected chi connectivity index (χ2v) is 5.35. The predicted molar refractivity (Wildman–Crippen MR) is 72.6 cm³/mol. The van der Waals surface area contributed by atoms with E-state index in [9.17, 15) is 4.39 Å². The number of benzene rings is 1. The molecular formula is C14H15ClFN3.